The highest BCUT2D eigenvalue weighted by atomic mass is 17.1. The van der Waals surface area contributed by atoms with Gasteiger partial charge < -0.3 is 14.7 Å². The van der Waals surface area contributed by atoms with Crippen LogP contribution in [-0.2, 0) is 4.79 Å². The van der Waals surface area contributed by atoms with Gasteiger partial charge in [0.1, 0.15) is 5.75 Å². The number of carboxylic acid groups (broad SMARTS) is 1. The van der Waals surface area contributed by atoms with Gasteiger partial charge >= 0.3 is 5.97 Å². The van der Waals surface area contributed by atoms with Crippen molar-refractivity contribution < 1.29 is 24.8 Å². The predicted molar refractivity (Wildman–Crippen MR) is 56.6 cm³/mol. The van der Waals surface area contributed by atoms with Crippen LogP contribution in [0.1, 0.15) is 13.8 Å². The fourth-order valence-corrected chi connectivity index (χ4v) is 1.20. The lowest BCUT2D eigenvalue weighted by Crippen LogP contribution is -2.32. The van der Waals surface area contributed by atoms with Crippen molar-refractivity contribution in [2.24, 2.45) is 5.92 Å². The molecule has 1 unspecified atom stereocenters. The number of carbonyl (C=O) groups is 1. The summed E-state index contributed by atoms with van der Waals surface area (Å²) in [5, 5.41) is 17.3. The van der Waals surface area contributed by atoms with Crippen molar-refractivity contribution in [2.75, 3.05) is 0 Å². The van der Waals surface area contributed by atoms with Crippen molar-refractivity contribution in [3.05, 3.63) is 24.3 Å². The minimum atomic E-state index is -1.00. The third-order valence-corrected chi connectivity index (χ3v) is 2.04. The SMILES string of the molecule is CC(C)C(Oc1ccc(OO)cc1)C(=O)O. The molecule has 0 aliphatic heterocycles. The van der Waals surface area contributed by atoms with E-state index in [1.807, 2.05) is 0 Å². The molecule has 88 valence electrons. The van der Waals surface area contributed by atoms with Crippen LogP contribution in [0, 0.1) is 5.92 Å². The van der Waals surface area contributed by atoms with Crippen molar-refractivity contribution in [2.45, 2.75) is 20.0 Å². The van der Waals surface area contributed by atoms with Gasteiger partial charge in [0.25, 0.3) is 0 Å². The summed E-state index contributed by atoms with van der Waals surface area (Å²) in [5.74, 6) is -0.450. The Bertz CT molecular complexity index is 344. The van der Waals surface area contributed by atoms with Gasteiger partial charge in [0.05, 0.1) is 0 Å². The van der Waals surface area contributed by atoms with Gasteiger partial charge in [-0.15, -0.1) is 0 Å². The van der Waals surface area contributed by atoms with E-state index in [-0.39, 0.29) is 11.7 Å². The number of benzene rings is 1. The average molecular weight is 226 g/mol. The van der Waals surface area contributed by atoms with Gasteiger partial charge in [-0.05, 0) is 24.3 Å². The van der Waals surface area contributed by atoms with Crippen molar-refractivity contribution >= 4 is 5.97 Å². The average Bonchev–Trinajstić information content (AvgIpc) is 2.25. The smallest absolute Gasteiger partial charge is 0.345 e. The van der Waals surface area contributed by atoms with Gasteiger partial charge in [0.15, 0.2) is 11.9 Å². The molecular weight excluding hydrogens is 212 g/mol. The van der Waals surface area contributed by atoms with Crippen LogP contribution in [0.2, 0.25) is 0 Å². The number of rotatable bonds is 5. The monoisotopic (exact) mass is 226 g/mol. The Balaban J connectivity index is 2.74. The molecule has 0 fully saturated rings. The van der Waals surface area contributed by atoms with Crippen molar-refractivity contribution in [3.63, 3.8) is 0 Å². The van der Waals surface area contributed by atoms with Crippen LogP contribution >= 0.6 is 0 Å². The maximum atomic E-state index is 10.9. The van der Waals surface area contributed by atoms with E-state index in [1.54, 1.807) is 13.8 Å². The molecule has 0 saturated heterocycles. The molecular formula is C11H14O5. The number of ether oxygens (including phenoxy) is 1. The quantitative estimate of drug-likeness (QED) is 0.593. The lowest BCUT2D eigenvalue weighted by Gasteiger charge is -2.18. The summed E-state index contributed by atoms with van der Waals surface area (Å²) in [6.07, 6.45) is -0.888. The number of carboxylic acids is 1. The highest BCUT2D eigenvalue weighted by Gasteiger charge is 2.23. The Morgan fingerprint density at radius 1 is 1.19 bits per heavy atom. The third-order valence-electron chi connectivity index (χ3n) is 2.04. The second-order valence-electron chi connectivity index (χ2n) is 3.68. The molecule has 2 N–H and O–H groups in total. The van der Waals surface area contributed by atoms with Crippen molar-refractivity contribution in [1.82, 2.24) is 0 Å². The second kappa shape index (κ2) is 5.37. The van der Waals surface area contributed by atoms with Gasteiger partial charge in [-0.1, -0.05) is 13.8 Å². The first kappa shape index (κ1) is 12.3. The zero-order valence-electron chi connectivity index (χ0n) is 9.08. The van der Waals surface area contributed by atoms with Crippen LogP contribution in [-0.4, -0.2) is 22.4 Å². The number of aliphatic carboxylic acids is 1. The Labute approximate surface area is 93.2 Å². The summed E-state index contributed by atoms with van der Waals surface area (Å²) in [6, 6.07) is 6.02. The molecule has 1 atom stereocenters. The van der Waals surface area contributed by atoms with E-state index < -0.39 is 12.1 Å². The molecule has 0 aliphatic rings. The summed E-state index contributed by atoms with van der Waals surface area (Å²) in [7, 11) is 0. The second-order valence-corrected chi connectivity index (χ2v) is 3.68. The van der Waals surface area contributed by atoms with Crippen LogP contribution < -0.4 is 9.62 Å². The van der Waals surface area contributed by atoms with E-state index in [4.69, 9.17) is 15.1 Å². The van der Waals surface area contributed by atoms with Crippen LogP contribution in [0.5, 0.6) is 11.5 Å². The van der Waals surface area contributed by atoms with E-state index >= 15 is 0 Å². The highest BCUT2D eigenvalue weighted by Crippen LogP contribution is 2.20. The maximum Gasteiger partial charge on any atom is 0.345 e. The molecule has 0 spiro atoms. The third kappa shape index (κ3) is 3.13. The maximum absolute atomic E-state index is 10.9. The van der Waals surface area contributed by atoms with Crippen LogP contribution in [0.25, 0.3) is 0 Å². The lowest BCUT2D eigenvalue weighted by molar-refractivity contribution is -0.147. The first-order chi connectivity index (χ1) is 7.54. The minimum Gasteiger partial charge on any atom is -0.478 e. The fourth-order valence-electron chi connectivity index (χ4n) is 1.20. The summed E-state index contributed by atoms with van der Waals surface area (Å²) in [4.78, 5) is 14.9. The molecule has 0 heterocycles. The Hall–Kier alpha value is -1.75. The Morgan fingerprint density at radius 3 is 2.06 bits per heavy atom. The first-order valence-electron chi connectivity index (χ1n) is 4.85. The van der Waals surface area contributed by atoms with E-state index in [2.05, 4.69) is 4.89 Å². The summed E-state index contributed by atoms with van der Waals surface area (Å²) >= 11 is 0. The van der Waals surface area contributed by atoms with Gasteiger partial charge in [0, 0.05) is 5.92 Å². The molecule has 0 bridgehead atoms. The highest BCUT2D eigenvalue weighted by molar-refractivity contribution is 5.73. The normalized spacial score (nSPS) is 12.2. The zero-order valence-corrected chi connectivity index (χ0v) is 9.08. The molecule has 1 aromatic carbocycles. The zero-order chi connectivity index (χ0) is 12.1. The molecule has 0 aliphatic carbocycles. The van der Waals surface area contributed by atoms with E-state index in [1.165, 1.54) is 24.3 Å². The summed E-state index contributed by atoms with van der Waals surface area (Å²) < 4.78 is 5.30. The number of hydrogen-bond acceptors (Lipinski definition) is 4. The summed E-state index contributed by atoms with van der Waals surface area (Å²) in [5.41, 5.74) is 0. The van der Waals surface area contributed by atoms with Gasteiger partial charge in [-0.3, -0.25) is 0 Å². The topological polar surface area (TPSA) is 76.0 Å². The lowest BCUT2D eigenvalue weighted by atomic mass is 10.1. The van der Waals surface area contributed by atoms with Gasteiger partial charge in [-0.25, -0.2) is 10.1 Å². The Morgan fingerprint density at radius 2 is 1.69 bits per heavy atom. The fraction of sp³-hybridized carbons (Fsp3) is 0.364. The molecule has 1 rings (SSSR count). The molecule has 5 nitrogen and oxygen atoms in total. The minimum absolute atomic E-state index is 0.133. The van der Waals surface area contributed by atoms with E-state index in [0.717, 1.165) is 0 Å². The van der Waals surface area contributed by atoms with E-state index in [0.29, 0.717) is 5.75 Å². The largest absolute Gasteiger partial charge is 0.478 e. The Kier molecular flexibility index (Phi) is 4.13. The number of hydrogen-bond donors (Lipinski definition) is 2. The molecule has 0 saturated carbocycles. The predicted octanol–water partition coefficient (Wildman–Crippen LogP) is 2.03. The summed E-state index contributed by atoms with van der Waals surface area (Å²) in [6.45, 7) is 3.54. The standard InChI is InChI=1S/C11H14O5/c1-7(2)10(11(12)13)15-8-3-5-9(16-14)6-4-8/h3-7,10,14H,1-2H3,(H,12,13). The first-order valence-corrected chi connectivity index (χ1v) is 4.85. The van der Waals surface area contributed by atoms with Crippen molar-refractivity contribution in [1.29, 1.82) is 0 Å². The molecule has 0 amide bonds. The molecule has 1 aromatic rings. The van der Waals surface area contributed by atoms with Gasteiger partial charge in [0.2, 0.25) is 0 Å². The molecule has 16 heavy (non-hydrogen) atoms. The van der Waals surface area contributed by atoms with Crippen LogP contribution in [0.3, 0.4) is 0 Å². The molecule has 0 radical (unpaired) electrons. The van der Waals surface area contributed by atoms with E-state index in [9.17, 15) is 4.79 Å². The van der Waals surface area contributed by atoms with Crippen LogP contribution in [0.4, 0.5) is 0 Å². The van der Waals surface area contributed by atoms with Crippen LogP contribution in [0.15, 0.2) is 24.3 Å². The molecule has 0 aromatic heterocycles. The van der Waals surface area contributed by atoms with Crippen molar-refractivity contribution in [3.8, 4) is 11.5 Å². The molecule has 5 heteroatoms. The van der Waals surface area contributed by atoms with Gasteiger partial charge in [-0.2, -0.15) is 0 Å².